The van der Waals surface area contributed by atoms with Gasteiger partial charge in [-0.15, -0.1) is 11.3 Å². The lowest BCUT2D eigenvalue weighted by Crippen LogP contribution is -2.03. The molecule has 3 rings (SSSR count). The number of nitrogens with zero attached hydrogens (tertiary/aromatic N) is 1. The lowest BCUT2D eigenvalue weighted by Gasteiger charge is -2.04. The molecule has 3 N–H and O–H groups in total. The molecule has 0 amide bonds. The zero-order valence-electron chi connectivity index (χ0n) is 12.6. The molecule has 3 nitrogen and oxygen atoms in total. The second-order valence-electron chi connectivity index (χ2n) is 5.34. The van der Waals surface area contributed by atoms with Crippen molar-refractivity contribution < 1.29 is 0 Å². The van der Waals surface area contributed by atoms with Crippen molar-refractivity contribution >= 4 is 27.2 Å². The van der Waals surface area contributed by atoms with Crippen LogP contribution >= 0.6 is 11.3 Å². The fourth-order valence-corrected chi connectivity index (χ4v) is 3.31. The van der Waals surface area contributed by atoms with Gasteiger partial charge in [-0.3, -0.25) is 0 Å². The van der Waals surface area contributed by atoms with E-state index in [-0.39, 0.29) is 0 Å². The van der Waals surface area contributed by atoms with Crippen LogP contribution < -0.4 is 11.1 Å². The average molecular weight is 311 g/mol. The van der Waals surface area contributed by atoms with E-state index in [9.17, 15) is 0 Å². The quantitative estimate of drug-likeness (QED) is 0.631. The van der Waals surface area contributed by atoms with Gasteiger partial charge in [0.05, 0.1) is 5.69 Å². The van der Waals surface area contributed by atoms with Crippen molar-refractivity contribution in [3.8, 4) is 11.3 Å². The molecule has 0 atom stereocenters. The summed E-state index contributed by atoms with van der Waals surface area (Å²) >= 11 is 1.67. The number of aromatic nitrogens is 1. The maximum atomic E-state index is 5.50. The normalized spacial score (nSPS) is 11.0. The lowest BCUT2D eigenvalue weighted by atomic mass is 10.0. The number of anilines is 1. The van der Waals surface area contributed by atoms with Crippen LogP contribution in [0.5, 0.6) is 0 Å². The average Bonchev–Trinajstić information content (AvgIpc) is 3.03. The number of rotatable bonds is 7. The smallest absolute Gasteiger partial charge is 0.183 e. The fraction of sp³-hybridized carbons (Fsp3) is 0.278. The molecule has 114 valence electrons. The summed E-state index contributed by atoms with van der Waals surface area (Å²) in [6.45, 7) is 1.74. The number of fused-ring (bicyclic) bond motifs is 1. The highest BCUT2D eigenvalue weighted by Crippen LogP contribution is 2.30. The first kappa shape index (κ1) is 15.0. The van der Waals surface area contributed by atoms with Crippen LogP contribution in [0.4, 0.5) is 5.13 Å². The van der Waals surface area contributed by atoms with Crippen LogP contribution in [0.25, 0.3) is 22.0 Å². The number of hydrogen-bond acceptors (Lipinski definition) is 4. The Balaban J connectivity index is 1.73. The van der Waals surface area contributed by atoms with Crippen molar-refractivity contribution in [1.29, 1.82) is 0 Å². The Labute approximate surface area is 135 Å². The van der Waals surface area contributed by atoms with E-state index in [1.807, 2.05) is 0 Å². The van der Waals surface area contributed by atoms with Gasteiger partial charge in [-0.1, -0.05) is 48.9 Å². The van der Waals surface area contributed by atoms with E-state index in [0.29, 0.717) is 0 Å². The maximum absolute atomic E-state index is 5.50. The van der Waals surface area contributed by atoms with Gasteiger partial charge in [0.15, 0.2) is 5.13 Å². The van der Waals surface area contributed by atoms with Gasteiger partial charge in [-0.25, -0.2) is 4.98 Å². The van der Waals surface area contributed by atoms with Crippen LogP contribution in [0.1, 0.15) is 19.3 Å². The van der Waals surface area contributed by atoms with Crippen molar-refractivity contribution in [3.63, 3.8) is 0 Å². The van der Waals surface area contributed by atoms with E-state index >= 15 is 0 Å². The SMILES string of the molecule is NCCCCCNc1nc(-c2cccc3ccccc23)cs1. The summed E-state index contributed by atoms with van der Waals surface area (Å²) in [6, 6.07) is 14.8. The Morgan fingerprint density at radius 1 is 1.00 bits per heavy atom. The Morgan fingerprint density at radius 3 is 2.77 bits per heavy atom. The molecule has 0 saturated carbocycles. The van der Waals surface area contributed by atoms with Crippen LogP contribution in [-0.2, 0) is 0 Å². The molecule has 0 unspecified atom stereocenters. The molecule has 0 fully saturated rings. The summed E-state index contributed by atoms with van der Waals surface area (Å²) in [5.41, 5.74) is 7.75. The zero-order valence-corrected chi connectivity index (χ0v) is 13.4. The van der Waals surface area contributed by atoms with Crippen LogP contribution in [0.2, 0.25) is 0 Å². The van der Waals surface area contributed by atoms with Gasteiger partial charge >= 0.3 is 0 Å². The van der Waals surface area contributed by atoms with Gasteiger partial charge in [0.1, 0.15) is 0 Å². The molecule has 2 aromatic carbocycles. The van der Waals surface area contributed by atoms with Gasteiger partial charge in [0.2, 0.25) is 0 Å². The highest BCUT2D eigenvalue weighted by atomic mass is 32.1. The summed E-state index contributed by atoms with van der Waals surface area (Å²) in [5.74, 6) is 0. The van der Waals surface area contributed by atoms with Crippen molar-refractivity contribution in [1.82, 2.24) is 4.98 Å². The maximum Gasteiger partial charge on any atom is 0.183 e. The van der Waals surface area contributed by atoms with Crippen LogP contribution in [0.3, 0.4) is 0 Å². The Morgan fingerprint density at radius 2 is 1.86 bits per heavy atom. The summed E-state index contributed by atoms with van der Waals surface area (Å²) in [7, 11) is 0. The summed E-state index contributed by atoms with van der Waals surface area (Å²) < 4.78 is 0. The van der Waals surface area contributed by atoms with E-state index in [0.717, 1.165) is 36.8 Å². The molecule has 0 spiro atoms. The molecule has 0 aliphatic rings. The molecular weight excluding hydrogens is 290 g/mol. The van der Waals surface area contributed by atoms with Crippen LogP contribution in [-0.4, -0.2) is 18.1 Å². The molecule has 0 radical (unpaired) electrons. The first-order valence-corrected chi connectivity index (χ1v) is 8.64. The molecule has 1 aromatic heterocycles. The molecule has 3 aromatic rings. The highest BCUT2D eigenvalue weighted by molar-refractivity contribution is 7.14. The molecule has 22 heavy (non-hydrogen) atoms. The minimum atomic E-state index is 0.780. The minimum absolute atomic E-state index is 0.780. The largest absolute Gasteiger partial charge is 0.362 e. The number of nitrogens with one attached hydrogen (secondary N) is 1. The topological polar surface area (TPSA) is 50.9 Å². The number of hydrogen-bond donors (Lipinski definition) is 2. The van der Waals surface area contributed by atoms with Crippen LogP contribution in [0, 0.1) is 0 Å². The second-order valence-corrected chi connectivity index (χ2v) is 6.20. The number of benzene rings is 2. The second kappa shape index (κ2) is 7.38. The Hall–Kier alpha value is -1.91. The number of thiazole rings is 1. The van der Waals surface area contributed by atoms with E-state index in [4.69, 9.17) is 10.7 Å². The highest BCUT2D eigenvalue weighted by Gasteiger charge is 2.07. The van der Waals surface area contributed by atoms with Crippen molar-refractivity contribution in [2.75, 3.05) is 18.4 Å². The van der Waals surface area contributed by atoms with E-state index in [2.05, 4.69) is 53.2 Å². The third-order valence-electron chi connectivity index (χ3n) is 3.73. The Kier molecular flexibility index (Phi) is 5.03. The molecular formula is C18H21N3S. The van der Waals surface area contributed by atoms with E-state index < -0.39 is 0 Å². The number of unbranched alkanes of at least 4 members (excludes halogenated alkanes) is 2. The van der Waals surface area contributed by atoms with Gasteiger partial charge in [-0.05, 0) is 30.2 Å². The summed E-state index contributed by atoms with van der Waals surface area (Å²) in [6.07, 6.45) is 3.41. The Bertz CT molecular complexity index is 731. The molecule has 0 aliphatic heterocycles. The molecule has 0 saturated heterocycles. The molecule has 4 heteroatoms. The predicted octanol–water partition coefficient (Wildman–Crippen LogP) is 4.50. The van der Waals surface area contributed by atoms with Gasteiger partial charge < -0.3 is 11.1 Å². The third kappa shape index (κ3) is 3.46. The first-order valence-electron chi connectivity index (χ1n) is 7.76. The predicted molar refractivity (Wildman–Crippen MR) is 96.5 cm³/mol. The van der Waals surface area contributed by atoms with Crippen LogP contribution in [0.15, 0.2) is 47.8 Å². The zero-order chi connectivity index (χ0) is 15.2. The van der Waals surface area contributed by atoms with E-state index in [1.54, 1.807) is 11.3 Å². The third-order valence-corrected chi connectivity index (χ3v) is 4.53. The van der Waals surface area contributed by atoms with Crippen molar-refractivity contribution in [2.24, 2.45) is 5.73 Å². The summed E-state index contributed by atoms with van der Waals surface area (Å²) in [5, 5.41) is 9.04. The number of nitrogens with two attached hydrogens (primary N) is 1. The molecule has 0 bridgehead atoms. The fourth-order valence-electron chi connectivity index (χ4n) is 2.57. The first-order chi connectivity index (χ1) is 10.9. The monoisotopic (exact) mass is 311 g/mol. The lowest BCUT2D eigenvalue weighted by molar-refractivity contribution is 0.707. The molecule has 1 heterocycles. The van der Waals surface area contributed by atoms with Crippen molar-refractivity contribution in [2.45, 2.75) is 19.3 Å². The van der Waals surface area contributed by atoms with E-state index in [1.165, 1.54) is 22.8 Å². The van der Waals surface area contributed by atoms with Gasteiger partial charge in [-0.2, -0.15) is 0 Å². The van der Waals surface area contributed by atoms with Gasteiger partial charge in [0, 0.05) is 17.5 Å². The standard InChI is InChI=1S/C18H21N3S/c19-11-4-1-5-12-20-18-21-17(13-22-18)16-10-6-8-14-7-2-3-9-15(14)16/h2-3,6-10,13H,1,4-5,11-12,19H2,(H,20,21). The summed E-state index contributed by atoms with van der Waals surface area (Å²) in [4.78, 5) is 4.73. The minimum Gasteiger partial charge on any atom is -0.362 e. The molecule has 0 aliphatic carbocycles. The van der Waals surface area contributed by atoms with Crippen molar-refractivity contribution in [3.05, 3.63) is 47.8 Å². The van der Waals surface area contributed by atoms with Gasteiger partial charge in [0.25, 0.3) is 0 Å².